The summed E-state index contributed by atoms with van der Waals surface area (Å²) in [5, 5.41) is 2.81. The van der Waals surface area contributed by atoms with Gasteiger partial charge in [0.25, 0.3) is 11.5 Å². The Morgan fingerprint density at radius 3 is 2.57 bits per heavy atom. The number of hydrogen-bond acceptors (Lipinski definition) is 7. The molecule has 0 aliphatic rings. The summed E-state index contributed by atoms with van der Waals surface area (Å²) in [7, 11) is 3.10. The molecule has 0 spiro atoms. The van der Waals surface area contributed by atoms with Crippen molar-refractivity contribution in [2.75, 3.05) is 14.2 Å². The molecule has 1 aromatic carbocycles. The van der Waals surface area contributed by atoms with E-state index in [1.807, 2.05) is 0 Å². The van der Waals surface area contributed by atoms with Gasteiger partial charge < -0.3 is 19.8 Å². The first kappa shape index (κ1) is 19.0. The van der Waals surface area contributed by atoms with E-state index in [1.54, 1.807) is 38.3 Å². The van der Waals surface area contributed by atoms with Crippen LogP contribution >= 0.6 is 0 Å². The van der Waals surface area contributed by atoms with Gasteiger partial charge in [-0.2, -0.15) is 0 Å². The van der Waals surface area contributed by atoms with Crippen molar-refractivity contribution in [3.8, 4) is 23.1 Å². The highest BCUT2D eigenvalue weighted by molar-refractivity contribution is 5.92. The maximum Gasteiger partial charge on any atom is 0.270 e. The molecule has 0 unspecified atom stereocenters. The summed E-state index contributed by atoms with van der Waals surface area (Å²) < 4.78 is 10.6. The van der Waals surface area contributed by atoms with Crippen LogP contribution in [-0.4, -0.2) is 40.1 Å². The van der Waals surface area contributed by atoms with Gasteiger partial charge in [-0.1, -0.05) is 0 Å². The third-order valence-electron chi connectivity index (χ3n) is 4.01. The summed E-state index contributed by atoms with van der Waals surface area (Å²) in [6.07, 6.45) is 3.04. The molecule has 0 bridgehead atoms. The van der Waals surface area contributed by atoms with E-state index in [-0.39, 0.29) is 17.3 Å². The number of nitrogens with one attached hydrogen (secondary N) is 2. The molecule has 3 aromatic rings. The second-order valence-corrected chi connectivity index (χ2v) is 5.85. The number of hydrogen-bond donors (Lipinski definition) is 2. The van der Waals surface area contributed by atoms with Crippen LogP contribution in [0, 0.1) is 0 Å². The predicted molar refractivity (Wildman–Crippen MR) is 101 cm³/mol. The smallest absolute Gasteiger partial charge is 0.270 e. The lowest BCUT2D eigenvalue weighted by Crippen LogP contribution is -2.29. The molecule has 2 aromatic heterocycles. The van der Waals surface area contributed by atoms with Crippen molar-refractivity contribution in [1.82, 2.24) is 25.3 Å². The highest BCUT2D eigenvalue weighted by atomic mass is 16.5. The van der Waals surface area contributed by atoms with E-state index in [0.29, 0.717) is 11.5 Å². The predicted octanol–water partition coefficient (Wildman–Crippen LogP) is 1.74. The minimum Gasteiger partial charge on any atom is -0.497 e. The number of carbonyl (C=O) groups excluding carboxylic acids is 1. The van der Waals surface area contributed by atoms with E-state index in [1.165, 1.54) is 19.5 Å². The van der Waals surface area contributed by atoms with Crippen molar-refractivity contribution in [3.05, 3.63) is 64.3 Å². The molecule has 0 radical (unpaired) electrons. The van der Waals surface area contributed by atoms with Gasteiger partial charge in [0.1, 0.15) is 17.2 Å². The molecule has 1 atom stereocenters. The first-order valence-electron chi connectivity index (χ1n) is 8.43. The molecule has 9 nitrogen and oxygen atoms in total. The van der Waals surface area contributed by atoms with Crippen LogP contribution in [0.2, 0.25) is 0 Å². The lowest BCUT2D eigenvalue weighted by Gasteiger charge is -2.18. The van der Waals surface area contributed by atoms with E-state index in [4.69, 9.17) is 9.47 Å². The lowest BCUT2D eigenvalue weighted by molar-refractivity contribution is 0.0934. The average Bonchev–Trinajstić information content (AvgIpc) is 2.73. The number of methoxy groups -OCH3 is 2. The third kappa shape index (κ3) is 4.14. The molecule has 0 saturated heterocycles. The quantitative estimate of drug-likeness (QED) is 0.667. The highest BCUT2D eigenvalue weighted by Gasteiger charge is 2.18. The number of rotatable bonds is 6. The van der Waals surface area contributed by atoms with E-state index < -0.39 is 17.5 Å². The Balaban J connectivity index is 1.85. The first-order valence-corrected chi connectivity index (χ1v) is 8.43. The monoisotopic (exact) mass is 381 g/mol. The van der Waals surface area contributed by atoms with Gasteiger partial charge in [0.2, 0.25) is 0 Å². The van der Waals surface area contributed by atoms with Crippen LogP contribution in [0.25, 0.3) is 11.6 Å². The zero-order chi connectivity index (χ0) is 20.1. The standard InChI is InChI=1S/C19H19N5O4/c1-11(13-6-5-12(27-2)9-15(13)28-3)22-19(26)14-10-16(25)24-18(23-14)17-20-7-4-8-21-17/h4-11H,1-3H3,(H,22,26)(H,23,24,25)/t11-/m1/s1. The lowest BCUT2D eigenvalue weighted by atomic mass is 10.1. The highest BCUT2D eigenvalue weighted by Crippen LogP contribution is 2.29. The van der Waals surface area contributed by atoms with Gasteiger partial charge in [0.15, 0.2) is 11.6 Å². The average molecular weight is 381 g/mol. The molecule has 3 rings (SSSR count). The fourth-order valence-electron chi connectivity index (χ4n) is 2.63. The molecular formula is C19H19N5O4. The molecule has 1 amide bonds. The normalized spacial score (nSPS) is 11.5. The molecular weight excluding hydrogens is 362 g/mol. The maximum absolute atomic E-state index is 12.7. The first-order chi connectivity index (χ1) is 13.5. The Labute approximate surface area is 160 Å². The van der Waals surface area contributed by atoms with Crippen molar-refractivity contribution in [3.63, 3.8) is 0 Å². The van der Waals surface area contributed by atoms with Crippen molar-refractivity contribution >= 4 is 5.91 Å². The van der Waals surface area contributed by atoms with Gasteiger partial charge in [-0.25, -0.2) is 15.0 Å². The molecule has 0 aliphatic carbocycles. The number of nitrogens with zero attached hydrogens (tertiary/aromatic N) is 3. The number of amides is 1. The van der Waals surface area contributed by atoms with Crippen LogP contribution in [0.1, 0.15) is 29.0 Å². The summed E-state index contributed by atoms with van der Waals surface area (Å²) in [6, 6.07) is 7.68. The molecule has 2 N–H and O–H groups in total. The van der Waals surface area contributed by atoms with Gasteiger partial charge in [-0.15, -0.1) is 0 Å². The third-order valence-corrected chi connectivity index (χ3v) is 4.01. The zero-order valence-corrected chi connectivity index (χ0v) is 15.6. The Bertz CT molecular complexity index is 1040. The number of ether oxygens (including phenoxy) is 2. The van der Waals surface area contributed by atoms with E-state index in [9.17, 15) is 9.59 Å². The van der Waals surface area contributed by atoms with Crippen molar-refractivity contribution < 1.29 is 14.3 Å². The van der Waals surface area contributed by atoms with Crippen LogP contribution in [0.3, 0.4) is 0 Å². The molecule has 144 valence electrons. The fourth-order valence-corrected chi connectivity index (χ4v) is 2.63. The van der Waals surface area contributed by atoms with Crippen LogP contribution in [0.15, 0.2) is 47.5 Å². The Morgan fingerprint density at radius 2 is 1.89 bits per heavy atom. The number of aromatic nitrogens is 4. The van der Waals surface area contributed by atoms with Gasteiger partial charge in [0, 0.05) is 30.1 Å². The van der Waals surface area contributed by atoms with Crippen molar-refractivity contribution in [2.45, 2.75) is 13.0 Å². The summed E-state index contributed by atoms with van der Waals surface area (Å²) in [5.74, 6) is 1.05. The summed E-state index contributed by atoms with van der Waals surface area (Å²) >= 11 is 0. The fraction of sp³-hybridized carbons (Fsp3) is 0.211. The van der Waals surface area contributed by atoms with Crippen molar-refractivity contribution in [2.24, 2.45) is 0 Å². The number of benzene rings is 1. The van der Waals surface area contributed by atoms with Crippen LogP contribution < -0.4 is 20.3 Å². The SMILES string of the molecule is COc1ccc([C@@H](C)NC(=O)c2cc(=O)[nH]c(-c3ncccn3)n2)c(OC)c1. The Hall–Kier alpha value is -3.75. The van der Waals surface area contributed by atoms with Gasteiger partial charge >= 0.3 is 0 Å². The van der Waals surface area contributed by atoms with E-state index in [2.05, 4.69) is 25.3 Å². The molecule has 28 heavy (non-hydrogen) atoms. The molecule has 0 fully saturated rings. The molecule has 0 saturated carbocycles. The minimum atomic E-state index is -0.506. The van der Waals surface area contributed by atoms with E-state index >= 15 is 0 Å². The van der Waals surface area contributed by atoms with Gasteiger partial charge in [-0.3, -0.25) is 9.59 Å². The zero-order valence-electron chi connectivity index (χ0n) is 15.6. The Morgan fingerprint density at radius 1 is 1.14 bits per heavy atom. The Kier molecular flexibility index (Phi) is 5.64. The molecule has 2 heterocycles. The summed E-state index contributed by atoms with van der Waals surface area (Å²) in [5.41, 5.74) is 0.246. The second-order valence-electron chi connectivity index (χ2n) is 5.85. The second kappa shape index (κ2) is 8.30. The summed E-state index contributed by atoms with van der Waals surface area (Å²) in [6.45, 7) is 1.80. The van der Waals surface area contributed by atoms with Crippen LogP contribution in [-0.2, 0) is 0 Å². The number of H-pyrrole nitrogens is 1. The summed E-state index contributed by atoms with van der Waals surface area (Å²) in [4.78, 5) is 39.4. The van der Waals surface area contributed by atoms with Crippen LogP contribution in [0.5, 0.6) is 11.5 Å². The topological polar surface area (TPSA) is 119 Å². The molecule has 0 aliphatic heterocycles. The van der Waals surface area contributed by atoms with Gasteiger partial charge in [-0.05, 0) is 25.1 Å². The van der Waals surface area contributed by atoms with E-state index in [0.717, 1.165) is 11.6 Å². The number of carbonyl (C=O) groups is 1. The largest absolute Gasteiger partial charge is 0.497 e. The number of aromatic amines is 1. The van der Waals surface area contributed by atoms with Gasteiger partial charge in [0.05, 0.1) is 20.3 Å². The molecule has 9 heteroatoms. The van der Waals surface area contributed by atoms with Crippen molar-refractivity contribution in [1.29, 1.82) is 0 Å². The minimum absolute atomic E-state index is 0.0365. The van der Waals surface area contributed by atoms with Crippen LogP contribution in [0.4, 0.5) is 0 Å². The maximum atomic E-state index is 12.7.